The molecular weight excluding hydrogens is 234 g/mol. The molecule has 2 rings (SSSR count). The maximum Gasteiger partial charge on any atom is 0.289 e. The summed E-state index contributed by atoms with van der Waals surface area (Å²) in [5, 5.41) is 18.8. The molecule has 0 aromatic carbocycles. The topological polar surface area (TPSA) is 73.9 Å². The molecule has 18 heavy (non-hydrogen) atoms. The van der Waals surface area contributed by atoms with Crippen LogP contribution >= 0.6 is 0 Å². The van der Waals surface area contributed by atoms with Gasteiger partial charge in [0, 0.05) is 19.0 Å². The third kappa shape index (κ3) is 2.57. The molecule has 0 aliphatic carbocycles. The molecule has 1 aliphatic rings. The average molecular weight is 253 g/mol. The molecule has 5 heteroatoms. The van der Waals surface area contributed by atoms with E-state index in [1.807, 2.05) is 0 Å². The van der Waals surface area contributed by atoms with Crippen LogP contribution in [0.1, 0.15) is 36.6 Å². The highest BCUT2D eigenvalue weighted by molar-refractivity contribution is 5.91. The maximum atomic E-state index is 12.1. The zero-order valence-electron chi connectivity index (χ0n) is 10.7. The second-order valence-electron chi connectivity index (χ2n) is 5.31. The van der Waals surface area contributed by atoms with E-state index in [0.29, 0.717) is 18.8 Å². The highest BCUT2D eigenvalue weighted by atomic mass is 16.4. The Balaban J connectivity index is 2.03. The zero-order chi connectivity index (χ0) is 13.3. The summed E-state index contributed by atoms with van der Waals surface area (Å²) >= 11 is 0. The molecule has 2 N–H and O–H groups in total. The molecule has 5 nitrogen and oxygen atoms in total. The smallest absolute Gasteiger partial charge is 0.289 e. The number of aliphatic hydroxyl groups is 2. The number of likely N-dealkylation sites (tertiary alicyclic amines) is 1. The number of amides is 1. The quantitative estimate of drug-likeness (QED) is 0.843. The van der Waals surface area contributed by atoms with Gasteiger partial charge in [-0.2, -0.15) is 0 Å². The van der Waals surface area contributed by atoms with Crippen LogP contribution in [0.2, 0.25) is 0 Å². The molecule has 1 aromatic rings. The van der Waals surface area contributed by atoms with Crippen LogP contribution in [0.25, 0.3) is 0 Å². The van der Waals surface area contributed by atoms with Crippen LogP contribution in [-0.2, 0) is 6.61 Å². The van der Waals surface area contributed by atoms with E-state index in [2.05, 4.69) is 0 Å². The number of aliphatic hydroxyl groups excluding tert-OH is 1. The molecule has 0 radical (unpaired) electrons. The fourth-order valence-electron chi connectivity index (χ4n) is 2.26. The van der Waals surface area contributed by atoms with E-state index in [0.717, 1.165) is 6.42 Å². The van der Waals surface area contributed by atoms with E-state index >= 15 is 0 Å². The average Bonchev–Trinajstić information content (AvgIpc) is 2.96. The van der Waals surface area contributed by atoms with Crippen molar-refractivity contribution < 1.29 is 19.4 Å². The van der Waals surface area contributed by atoms with Crippen LogP contribution in [0.4, 0.5) is 0 Å². The second kappa shape index (κ2) is 4.74. The van der Waals surface area contributed by atoms with Crippen molar-refractivity contribution in [2.45, 2.75) is 32.5 Å². The van der Waals surface area contributed by atoms with Gasteiger partial charge in [-0.25, -0.2) is 0 Å². The number of carbonyl (C=O) groups is 1. The Morgan fingerprint density at radius 1 is 1.56 bits per heavy atom. The summed E-state index contributed by atoms with van der Waals surface area (Å²) in [4.78, 5) is 13.8. The summed E-state index contributed by atoms with van der Waals surface area (Å²) < 4.78 is 5.22. The van der Waals surface area contributed by atoms with Crippen LogP contribution in [0.15, 0.2) is 16.5 Å². The molecule has 0 saturated carbocycles. The van der Waals surface area contributed by atoms with Crippen molar-refractivity contribution >= 4 is 5.91 Å². The minimum Gasteiger partial charge on any atom is -0.453 e. The highest BCUT2D eigenvalue weighted by Gasteiger charge is 2.36. The van der Waals surface area contributed by atoms with Crippen LogP contribution in [0.3, 0.4) is 0 Å². The Kier molecular flexibility index (Phi) is 3.45. The van der Waals surface area contributed by atoms with Crippen LogP contribution < -0.4 is 0 Å². The van der Waals surface area contributed by atoms with Gasteiger partial charge in [-0.15, -0.1) is 0 Å². The molecule has 1 aliphatic heterocycles. The predicted octanol–water partition coefficient (Wildman–Crippen LogP) is 1.00. The summed E-state index contributed by atoms with van der Waals surface area (Å²) in [5.41, 5.74) is -0.769. The lowest BCUT2D eigenvalue weighted by atomic mass is 9.90. The highest BCUT2D eigenvalue weighted by Crippen LogP contribution is 2.28. The van der Waals surface area contributed by atoms with E-state index in [1.165, 1.54) is 0 Å². The van der Waals surface area contributed by atoms with Crippen molar-refractivity contribution in [3.8, 4) is 0 Å². The largest absolute Gasteiger partial charge is 0.453 e. The SMILES string of the molecule is CC(C)(O)C1CCN(C(=O)c2ccc(CO)o2)C1. The van der Waals surface area contributed by atoms with E-state index in [4.69, 9.17) is 9.52 Å². The molecule has 1 saturated heterocycles. The molecule has 100 valence electrons. The second-order valence-corrected chi connectivity index (χ2v) is 5.31. The zero-order valence-corrected chi connectivity index (χ0v) is 10.7. The van der Waals surface area contributed by atoms with Gasteiger partial charge in [0.15, 0.2) is 5.76 Å². The minimum atomic E-state index is -0.769. The van der Waals surface area contributed by atoms with E-state index in [1.54, 1.807) is 30.9 Å². The summed E-state index contributed by atoms with van der Waals surface area (Å²) in [6.07, 6.45) is 0.794. The van der Waals surface area contributed by atoms with Gasteiger partial charge in [0.1, 0.15) is 12.4 Å². The Bertz CT molecular complexity index is 432. The van der Waals surface area contributed by atoms with Gasteiger partial charge in [-0.1, -0.05) is 0 Å². The number of hydrogen-bond donors (Lipinski definition) is 2. The number of rotatable bonds is 3. The first-order valence-electron chi connectivity index (χ1n) is 6.13. The maximum absolute atomic E-state index is 12.1. The van der Waals surface area contributed by atoms with Crippen LogP contribution in [0.5, 0.6) is 0 Å². The summed E-state index contributed by atoms with van der Waals surface area (Å²) in [7, 11) is 0. The third-order valence-electron chi connectivity index (χ3n) is 3.50. The van der Waals surface area contributed by atoms with Crippen LogP contribution in [-0.4, -0.2) is 39.7 Å². The summed E-state index contributed by atoms with van der Waals surface area (Å²) in [5.74, 6) is 0.544. The lowest BCUT2D eigenvalue weighted by Crippen LogP contribution is -2.35. The van der Waals surface area contributed by atoms with Crippen molar-refractivity contribution in [1.29, 1.82) is 0 Å². The summed E-state index contributed by atoms with van der Waals surface area (Å²) in [6.45, 7) is 4.49. The monoisotopic (exact) mass is 253 g/mol. The Hall–Kier alpha value is -1.33. The van der Waals surface area contributed by atoms with Gasteiger partial charge >= 0.3 is 0 Å². The van der Waals surface area contributed by atoms with Gasteiger partial charge < -0.3 is 19.5 Å². The van der Waals surface area contributed by atoms with Gasteiger partial charge in [-0.3, -0.25) is 4.79 Å². The van der Waals surface area contributed by atoms with Gasteiger partial charge in [-0.05, 0) is 32.4 Å². The standard InChI is InChI=1S/C13H19NO4/c1-13(2,17)9-5-6-14(7-9)12(16)11-4-3-10(8-15)18-11/h3-4,9,15,17H,5-8H2,1-2H3. The van der Waals surface area contributed by atoms with Crippen molar-refractivity contribution in [2.75, 3.05) is 13.1 Å². The minimum absolute atomic E-state index is 0.0914. The number of nitrogens with zero attached hydrogens (tertiary/aromatic N) is 1. The third-order valence-corrected chi connectivity index (χ3v) is 3.50. The number of furan rings is 1. The van der Waals surface area contributed by atoms with Gasteiger partial charge in [0.25, 0.3) is 5.91 Å². The molecule has 0 bridgehead atoms. The lowest BCUT2D eigenvalue weighted by molar-refractivity contribution is 0.0209. The normalized spacial score (nSPS) is 20.4. The van der Waals surface area contributed by atoms with Crippen molar-refractivity contribution in [2.24, 2.45) is 5.92 Å². The first-order chi connectivity index (χ1) is 8.41. The lowest BCUT2D eigenvalue weighted by Gasteiger charge is -2.25. The molecule has 0 spiro atoms. The van der Waals surface area contributed by atoms with Crippen molar-refractivity contribution in [3.05, 3.63) is 23.7 Å². The summed E-state index contributed by atoms with van der Waals surface area (Å²) in [6, 6.07) is 3.17. The molecule has 1 fully saturated rings. The molecule has 2 heterocycles. The molecular formula is C13H19NO4. The number of carbonyl (C=O) groups excluding carboxylic acids is 1. The molecule has 1 atom stereocenters. The first kappa shape index (κ1) is 13.1. The van der Waals surface area contributed by atoms with Gasteiger partial charge in [0.2, 0.25) is 0 Å². The van der Waals surface area contributed by atoms with E-state index < -0.39 is 5.60 Å². The Labute approximate surface area is 106 Å². The fourth-order valence-corrected chi connectivity index (χ4v) is 2.26. The molecule has 1 aromatic heterocycles. The van der Waals surface area contributed by atoms with Crippen molar-refractivity contribution in [3.63, 3.8) is 0 Å². The van der Waals surface area contributed by atoms with E-state index in [9.17, 15) is 9.90 Å². The van der Waals surface area contributed by atoms with Gasteiger partial charge in [0.05, 0.1) is 5.60 Å². The van der Waals surface area contributed by atoms with Crippen molar-refractivity contribution in [1.82, 2.24) is 4.90 Å². The number of hydrogen-bond acceptors (Lipinski definition) is 4. The Morgan fingerprint density at radius 2 is 2.28 bits per heavy atom. The molecule has 1 unspecified atom stereocenters. The van der Waals surface area contributed by atoms with E-state index in [-0.39, 0.29) is 24.2 Å². The fraction of sp³-hybridized carbons (Fsp3) is 0.615. The first-order valence-corrected chi connectivity index (χ1v) is 6.13. The molecule has 1 amide bonds. The Morgan fingerprint density at radius 3 is 2.78 bits per heavy atom. The van der Waals surface area contributed by atoms with Crippen LogP contribution in [0, 0.1) is 5.92 Å². The predicted molar refractivity (Wildman–Crippen MR) is 64.9 cm³/mol.